The highest BCUT2D eigenvalue weighted by molar-refractivity contribution is 6.31. The molecule has 1 aliphatic rings. The van der Waals surface area contributed by atoms with E-state index in [1.807, 2.05) is 36.4 Å². The minimum atomic E-state index is 0.558. The first-order valence-corrected chi connectivity index (χ1v) is 10.1. The Kier molecular flexibility index (Phi) is 3.65. The average Bonchev–Trinajstić information content (AvgIpc) is 2.81. The average molecular weight is 382 g/mol. The van der Waals surface area contributed by atoms with E-state index in [1.54, 1.807) is 0 Å². The third-order valence-electron chi connectivity index (χ3n) is 5.87. The third-order valence-corrected chi connectivity index (χ3v) is 5.87. The Morgan fingerprint density at radius 1 is 0.500 bits per heavy atom. The minimum absolute atomic E-state index is 0.558. The molecule has 0 saturated heterocycles. The smallest absolute Gasteiger partial charge is 0.0795 e. The number of nitrogens with zero attached hydrogens (tertiary/aromatic N) is 1. The Labute approximate surface area is 174 Å². The van der Waals surface area contributed by atoms with Crippen molar-refractivity contribution in [2.75, 3.05) is 0 Å². The molecule has 0 heterocycles. The largest absolute Gasteiger partial charge is 0.300 e. The van der Waals surface area contributed by atoms with Gasteiger partial charge in [0.05, 0.1) is 17.1 Å². The van der Waals surface area contributed by atoms with Crippen LogP contribution in [0.2, 0.25) is 0 Å². The van der Waals surface area contributed by atoms with Gasteiger partial charge in [-0.3, -0.25) is 5.41 Å². The van der Waals surface area contributed by atoms with Crippen LogP contribution in [-0.2, 0) is 0 Å². The summed E-state index contributed by atoms with van der Waals surface area (Å²) in [7, 11) is 0. The summed E-state index contributed by atoms with van der Waals surface area (Å²) in [5, 5.41) is 13.4. The summed E-state index contributed by atoms with van der Waals surface area (Å²) in [6.07, 6.45) is 0. The summed E-state index contributed by atoms with van der Waals surface area (Å²) in [6, 6.07) is 35.3. The van der Waals surface area contributed by atoms with Gasteiger partial charge in [-0.1, -0.05) is 97.1 Å². The quantitative estimate of drug-likeness (QED) is 0.301. The van der Waals surface area contributed by atoms with Crippen molar-refractivity contribution in [2.45, 2.75) is 0 Å². The Morgan fingerprint density at radius 2 is 0.933 bits per heavy atom. The standard InChI is InChI=1S/C28H18N2/c29-26-22-13-5-7-15-24(22)28(25-16-8-6-14-23(25)26)30-27-20-11-3-1-9-18(20)17-19-10-2-4-12-21(19)27/h1-17,29H. The number of hydrogen-bond acceptors (Lipinski definition) is 2. The molecule has 2 nitrogen and oxygen atoms in total. The van der Waals surface area contributed by atoms with Gasteiger partial charge in [-0.15, -0.1) is 0 Å². The Morgan fingerprint density at radius 3 is 1.47 bits per heavy atom. The molecular formula is C28H18N2. The molecule has 1 N–H and O–H groups in total. The van der Waals surface area contributed by atoms with E-state index in [9.17, 15) is 0 Å². The molecule has 0 spiro atoms. The lowest BCUT2D eigenvalue weighted by molar-refractivity contribution is 1.39. The molecule has 5 aromatic carbocycles. The SMILES string of the molecule is N=C1c2ccccc2C(=Nc2c3ccccc3cc3ccccc23)c2ccccc21. The summed E-state index contributed by atoms with van der Waals surface area (Å²) in [5.41, 5.74) is 6.36. The van der Waals surface area contributed by atoms with Crippen molar-refractivity contribution in [3.8, 4) is 0 Å². The van der Waals surface area contributed by atoms with E-state index in [1.165, 1.54) is 10.8 Å². The summed E-state index contributed by atoms with van der Waals surface area (Å²) < 4.78 is 0. The van der Waals surface area contributed by atoms with Crippen molar-refractivity contribution >= 4 is 38.7 Å². The molecule has 1 aliphatic carbocycles. The van der Waals surface area contributed by atoms with Gasteiger partial charge in [0.15, 0.2) is 0 Å². The molecule has 0 atom stereocenters. The second kappa shape index (κ2) is 6.50. The van der Waals surface area contributed by atoms with Gasteiger partial charge in [-0.25, -0.2) is 4.99 Å². The number of hydrogen-bond donors (Lipinski definition) is 1. The molecule has 30 heavy (non-hydrogen) atoms. The highest BCUT2D eigenvalue weighted by atomic mass is 14.8. The Hall–Kier alpha value is -4.04. The molecule has 0 aliphatic heterocycles. The first-order chi connectivity index (χ1) is 14.8. The number of rotatable bonds is 1. The van der Waals surface area contributed by atoms with Crippen molar-refractivity contribution in [2.24, 2.45) is 4.99 Å². The van der Waals surface area contributed by atoms with E-state index in [2.05, 4.69) is 66.7 Å². The van der Waals surface area contributed by atoms with Crippen LogP contribution in [0.25, 0.3) is 21.5 Å². The van der Waals surface area contributed by atoms with Gasteiger partial charge in [0.2, 0.25) is 0 Å². The van der Waals surface area contributed by atoms with E-state index < -0.39 is 0 Å². The van der Waals surface area contributed by atoms with Crippen LogP contribution < -0.4 is 0 Å². The van der Waals surface area contributed by atoms with Gasteiger partial charge in [0.25, 0.3) is 0 Å². The maximum atomic E-state index is 8.73. The molecule has 0 fully saturated rings. The van der Waals surface area contributed by atoms with Crippen LogP contribution in [0, 0.1) is 5.41 Å². The Balaban J connectivity index is 1.75. The van der Waals surface area contributed by atoms with Gasteiger partial charge in [0, 0.05) is 33.0 Å². The summed E-state index contributed by atoms with van der Waals surface area (Å²) in [6.45, 7) is 0. The molecular weight excluding hydrogens is 364 g/mol. The fraction of sp³-hybridized carbons (Fsp3) is 0. The second-order valence-corrected chi connectivity index (χ2v) is 7.59. The van der Waals surface area contributed by atoms with Crippen LogP contribution in [0.1, 0.15) is 22.3 Å². The van der Waals surface area contributed by atoms with E-state index in [0.717, 1.165) is 44.4 Å². The molecule has 0 bridgehead atoms. The van der Waals surface area contributed by atoms with Crippen LogP contribution in [0.4, 0.5) is 5.69 Å². The maximum Gasteiger partial charge on any atom is 0.0795 e. The number of benzene rings is 5. The first-order valence-electron chi connectivity index (χ1n) is 10.1. The van der Waals surface area contributed by atoms with Crippen molar-refractivity contribution in [3.05, 3.63) is 125 Å². The minimum Gasteiger partial charge on any atom is -0.300 e. The second-order valence-electron chi connectivity index (χ2n) is 7.59. The predicted molar refractivity (Wildman–Crippen MR) is 126 cm³/mol. The molecule has 2 heteroatoms. The fourth-order valence-corrected chi connectivity index (χ4v) is 4.45. The van der Waals surface area contributed by atoms with E-state index in [4.69, 9.17) is 10.4 Å². The van der Waals surface area contributed by atoms with E-state index >= 15 is 0 Å². The third kappa shape index (κ3) is 2.44. The Bertz CT molecular complexity index is 1400. The normalized spacial score (nSPS) is 12.7. The zero-order chi connectivity index (χ0) is 20.1. The predicted octanol–water partition coefficient (Wildman–Crippen LogP) is 6.89. The molecule has 0 unspecified atom stereocenters. The molecule has 0 amide bonds. The van der Waals surface area contributed by atoms with Crippen LogP contribution in [0.5, 0.6) is 0 Å². The molecule has 0 saturated carbocycles. The van der Waals surface area contributed by atoms with Gasteiger partial charge in [-0.2, -0.15) is 0 Å². The van der Waals surface area contributed by atoms with Gasteiger partial charge >= 0.3 is 0 Å². The highest BCUT2D eigenvalue weighted by Gasteiger charge is 2.25. The molecule has 5 aromatic rings. The lowest BCUT2D eigenvalue weighted by atomic mass is 9.83. The summed E-state index contributed by atoms with van der Waals surface area (Å²) >= 11 is 0. The van der Waals surface area contributed by atoms with Crippen molar-refractivity contribution in [1.82, 2.24) is 0 Å². The fourth-order valence-electron chi connectivity index (χ4n) is 4.45. The zero-order valence-electron chi connectivity index (χ0n) is 16.3. The zero-order valence-corrected chi connectivity index (χ0v) is 16.3. The van der Waals surface area contributed by atoms with Crippen molar-refractivity contribution in [1.29, 1.82) is 5.41 Å². The molecule has 0 radical (unpaired) electrons. The van der Waals surface area contributed by atoms with Crippen LogP contribution >= 0.6 is 0 Å². The first kappa shape index (κ1) is 16.9. The molecule has 6 rings (SSSR count). The molecule has 0 aromatic heterocycles. The summed E-state index contributed by atoms with van der Waals surface area (Å²) in [5.74, 6) is 0. The van der Waals surface area contributed by atoms with Crippen LogP contribution in [0.15, 0.2) is 108 Å². The lowest BCUT2D eigenvalue weighted by Gasteiger charge is -2.22. The number of aliphatic imine (C=N–C) groups is 1. The van der Waals surface area contributed by atoms with Gasteiger partial charge < -0.3 is 0 Å². The van der Waals surface area contributed by atoms with Crippen LogP contribution in [0.3, 0.4) is 0 Å². The highest BCUT2D eigenvalue weighted by Crippen LogP contribution is 2.37. The monoisotopic (exact) mass is 382 g/mol. The maximum absolute atomic E-state index is 8.73. The van der Waals surface area contributed by atoms with E-state index in [-0.39, 0.29) is 0 Å². The molecule has 140 valence electrons. The number of fused-ring (bicyclic) bond motifs is 4. The lowest BCUT2D eigenvalue weighted by Crippen LogP contribution is -2.21. The van der Waals surface area contributed by atoms with Crippen LogP contribution in [-0.4, -0.2) is 11.4 Å². The van der Waals surface area contributed by atoms with Crippen molar-refractivity contribution in [3.63, 3.8) is 0 Å². The van der Waals surface area contributed by atoms with Crippen molar-refractivity contribution < 1.29 is 0 Å². The van der Waals surface area contributed by atoms with E-state index in [0.29, 0.717) is 5.71 Å². The van der Waals surface area contributed by atoms with Gasteiger partial charge in [0.1, 0.15) is 0 Å². The van der Waals surface area contributed by atoms with Gasteiger partial charge in [-0.05, 0) is 16.8 Å². The number of nitrogens with one attached hydrogen (secondary N) is 1. The summed E-state index contributed by atoms with van der Waals surface area (Å²) in [4.78, 5) is 5.31. The topological polar surface area (TPSA) is 36.2 Å².